The lowest BCUT2D eigenvalue weighted by molar-refractivity contribution is -0.403. The second kappa shape index (κ2) is 16.8. The van der Waals surface area contributed by atoms with Crippen molar-refractivity contribution in [1.82, 2.24) is 0 Å². The van der Waals surface area contributed by atoms with Crippen LogP contribution < -0.4 is 0 Å². The van der Waals surface area contributed by atoms with Gasteiger partial charge in [0, 0.05) is 25.7 Å². The van der Waals surface area contributed by atoms with Crippen LogP contribution in [0.1, 0.15) is 97.5 Å². The second-order valence-electron chi connectivity index (χ2n) is 7.89. The van der Waals surface area contributed by atoms with Gasteiger partial charge < -0.3 is 14.2 Å². The fourth-order valence-electron chi connectivity index (χ4n) is 4.12. The maximum absolute atomic E-state index is 6.14. The zero-order chi connectivity index (χ0) is 21.2. The van der Waals surface area contributed by atoms with Crippen LogP contribution in [0.3, 0.4) is 0 Å². The Bertz CT molecular complexity index is 457. The highest BCUT2D eigenvalue weighted by atomic mass is 16.9. The Kier molecular flexibility index (Phi) is 15.2. The lowest BCUT2D eigenvalue weighted by Crippen LogP contribution is -2.46. The minimum atomic E-state index is -0.881. The van der Waals surface area contributed by atoms with Crippen molar-refractivity contribution in [3.8, 4) is 0 Å². The molecule has 168 valence electrons. The molecule has 1 atom stereocenters. The fraction of sp³-hybridized carbons (Fsp3) is 0.769. The smallest absolute Gasteiger partial charge is 0.285 e. The summed E-state index contributed by atoms with van der Waals surface area (Å²) in [5.41, 5.74) is 1.42. The molecule has 0 spiro atoms. The Morgan fingerprint density at radius 3 is 1.72 bits per heavy atom. The van der Waals surface area contributed by atoms with E-state index in [-0.39, 0.29) is 5.92 Å². The quantitative estimate of drug-likeness (QED) is 0.175. The summed E-state index contributed by atoms with van der Waals surface area (Å²) in [6.07, 6.45) is 13.5. The molecule has 0 heterocycles. The number of hydrogen-bond donors (Lipinski definition) is 0. The molecule has 0 fully saturated rings. The lowest BCUT2D eigenvalue weighted by Gasteiger charge is -2.39. The van der Waals surface area contributed by atoms with Gasteiger partial charge in [0.1, 0.15) is 0 Å². The average molecular weight is 407 g/mol. The Morgan fingerprint density at radius 2 is 1.17 bits per heavy atom. The van der Waals surface area contributed by atoms with Gasteiger partial charge in [-0.3, -0.25) is 0 Å². The van der Waals surface area contributed by atoms with Gasteiger partial charge in [0.05, 0.1) is 0 Å². The molecule has 0 aromatic heterocycles. The number of aryl methyl sites for hydroxylation is 1. The van der Waals surface area contributed by atoms with Crippen molar-refractivity contribution >= 4 is 0 Å². The van der Waals surface area contributed by atoms with E-state index in [1.165, 1.54) is 56.9 Å². The van der Waals surface area contributed by atoms with E-state index in [0.29, 0.717) is 19.8 Å². The summed E-state index contributed by atoms with van der Waals surface area (Å²) in [6, 6.07) is 10.8. The van der Waals surface area contributed by atoms with Gasteiger partial charge in [0.2, 0.25) is 0 Å². The molecule has 1 aromatic carbocycles. The molecule has 29 heavy (non-hydrogen) atoms. The lowest BCUT2D eigenvalue weighted by atomic mass is 9.91. The molecule has 0 aliphatic carbocycles. The van der Waals surface area contributed by atoms with Crippen LogP contribution in [0.4, 0.5) is 0 Å². The number of hydrogen-bond acceptors (Lipinski definition) is 3. The summed E-state index contributed by atoms with van der Waals surface area (Å²) in [6.45, 7) is 10.2. The molecule has 0 bridgehead atoms. The van der Waals surface area contributed by atoms with E-state index in [4.69, 9.17) is 14.2 Å². The molecule has 0 radical (unpaired) electrons. The van der Waals surface area contributed by atoms with Gasteiger partial charge in [0.15, 0.2) is 0 Å². The molecule has 1 unspecified atom stereocenters. The van der Waals surface area contributed by atoms with Crippen LogP contribution in [0.5, 0.6) is 0 Å². The monoisotopic (exact) mass is 406 g/mol. The van der Waals surface area contributed by atoms with Crippen LogP contribution in [0, 0.1) is 5.92 Å². The van der Waals surface area contributed by atoms with Crippen LogP contribution in [-0.4, -0.2) is 25.8 Å². The van der Waals surface area contributed by atoms with Crippen molar-refractivity contribution in [2.75, 3.05) is 19.8 Å². The molecular formula is C26H46O3. The zero-order valence-corrected chi connectivity index (χ0v) is 19.6. The first-order chi connectivity index (χ1) is 14.2. The van der Waals surface area contributed by atoms with Crippen molar-refractivity contribution in [1.29, 1.82) is 0 Å². The van der Waals surface area contributed by atoms with Gasteiger partial charge in [-0.25, -0.2) is 0 Å². The van der Waals surface area contributed by atoms with E-state index >= 15 is 0 Å². The van der Waals surface area contributed by atoms with E-state index in [0.717, 1.165) is 19.3 Å². The third kappa shape index (κ3) is 10.6. The first-order valence-corrected chi connectivity index (χ1v) is 12.2. The predicted octanol–water partition coefficient (Wildman–Crippen LogP) is 7.53. The maximum Gasteiger partial charge on any atom is 0.285 e. The van der Waals surface area contributed by atoms with Gasteiger partial charge >= 0.3 is 0 Å². The SMILES string of the molecule is CCCCCCCCC(CCCCc1ccccc1)C(OCC)(OCC)OCC. The predicted molar refractivity (Wildman–Crippen MR) is 123 cm³/mol. The molecule has 1 aromatic rings. The molecule has 0 amide bonds. The third-order valence-corrected chi connectivity index (χ3v) is 5.55. The maximum atomic E-state index is 6.14. The summed E-state index contributed by atoms with van der Waals surface area (Å²) in [7, 11) is 0. The van der Waals surface area contributed by atoms with Crippen molar-refractivity contribution in [2.45, 2.75) is 104 Å². The molecule has 3 heteroatoms. The van der Waals surface area contributed by atoms with Crippen LogP contribution >= 0.6 is 0 Å². The molecular weight excluding hydrogens is 360 g/mol. The summed E-state index contributed by atoms with van der Waals surface area (Å²) >= 11 is 0. The minimum absolute atomic E-state index is 0.282. The Labute approximate surface area is 180 Å². The van der Waals surface area contributed by atoms with Gasteiger partial charge in [-0.05, 0) is 52.0 Å². The van der Waals surface area contributed by atoms with E-state index in [9.17, 15) is 0 Å². The van der Waals surface area contributed by atoms with Crippen LogP contribution in [0.25, 0.3) is 0 Å². The van der Waals surface area contributed by atoms with Gasteiger partial charge in [0.25, 0.3) is 5.97 Å². The molecule has 1 rings (SSSR count). The summed E-state index contributed by atoms with van der Waals surface area (Å²) in [4.78, 5) is 0. The second-order valence-corrected chi connectivity index (χ2v) is 7.89. The van der Waals surface area contributed by atoms with E-state index < -0.39 is 5.97 Å². The van der Waals surface area contributed by atoms with Crippen molar-refractivity contribution in [2.24, 2.45) is 5.92 Å². The molecule has 3 nitrogen and oxygen atoms in total. The summed E-state index contributed by atoms with van der Waals surface area (Å²) in [5, 5.41) is 0. The largest absolute Gasteiger partial charge is 0.328 e. The minimum Gasteiger partial charge on any atom is -0.328 e. The fourth-order valence-corrected chi connectivity index (χ4v) is 4.12. The summed E-state index contributed by atoms with van der Waals surface area (Å²) < 4.78 is 18.4. The zero-order valence-electron chi connectivity index (χ0n) is 19.6. The van der Waals surface area contributed by atoms with Crippen molar-refractivity contribution < 1.29 is 14.2 Å². The highest BCUT2D eigenvalue weighted by Crippen LogP contribution is 2.34. The van der Waals surface area contributed by atoms with Gasteiger partial charge in [-0.1, -0.05) is 82.2 Å². The molecule has 0 N–H and O–H groups in total. The number of ether oxygens (including phenoxy) is 3. The number of rotatable bonds is 19. The summed E-state index contributed by atoms with van der Waals surface area (Å²) in [5.74, 6) is -0.599. The highest BCUT2D eigenvalue weighted by molar-refractivity contribution is 5.14. The standard InChI is InChI=1S/C26H46O3/c1-5-9-10-11-12-16-22-25(26(27-6-2,28-7-3)29-8-4)23-18-17-21-24-19-14-13-15-20-24/h13-15,19-20,25H,5-12,16-18,21-23H2,1-4H3. The van der Waals surface area contributed by atoms with Crippen LogP contribution in [-0.2, 0) is 20.6 Å². The Balaban J connectivity index is 2.65. The molecule has 0 aliphatic heterocycles. The van der Waals surface area contributed by atoms with E-state index in [1.807, 2.05) is 20.8 Å². The van der Waals surface area contributed by atoms with E-state index in [1.54, 1.807) is 0 Å². The van der Waals surface area contributed by atoms with Gasteiger partial charge in [-0.2, -0.15) is 0 Å². The van der Waals surface area contributed by atoms with Crippen molar-refractivity contribution in [3.63, 3.8) is 0 Å². The van der Waals surface area contributed by atoms with Crippen LogP contribution in [0.15, 0.2) is 30.3 Å². The number of benzene rings is 1. The molecule has 0 saturated heterocycles. The highest BCUT2D eigenvalue weighted by Gasteiger charge is 2.41. The average Bonchev–Trinajstić information content (AvgIpc) is 2.73. The van der Waals surface area contributed by atoms with Crippen molar-refractivity contribution in [3.05, 3.63) is 35.9 Å². The molecule has 0 aliphatic rings. The normalized spacial score (nSPS) is 13.0. The first kappa shape index (κ1) is 26.1. The van der Waals surface area contributed by atoms with Crippen LogP contribution in [0.2, 0.25) is 0 Å². The Morgan fingerprint density at radius 1 is 0.655 bits per heavy atom. The first-order valence-electron chi connectivity index (χ1n) is 12.2. The third-order valence-electron chi connectivity index (χ3n) is 5.55. The van der Waals surface area contributed by atoms with E-state index in [2.05, 4.69) is 37.3 Å². The Hall–Kier alpha value is -0.900. The topological polar surface area (TPSA) is 27.7 Å². The van der Waals surface area contributed by atoms with Gasteiger partial charge in [-0.15, -0.1) is 0 Å². The number of unbranched alkanes of at least 4 members (excludes halogenated alkanes) is 6. The molecule has 0 saturated carbocycles.